The molecule has 0 unspecified atom stereocenters. The van der Waals surface area contributed by atoms with Crippen molar-refractivity contribution in [2.24, 2.45) is 0 Å². The standard InChI is InChI=1S/C13H18O3/c1-3-16-9-8-12(14)10-11-4-6-13(15-2)7-5-11/h4-7H,3,8-10H2,1-2H3. The van der Waals surface area contributed by atoms with Crippen molar-refractivity contribution in [3.63, 3.8) is 0 Å². The van der Waals surface area contributed by atoms with E-state index >= 15 is 0 Å². The lowest BCUT2D eigenvalue weighted by atomic mass is 10.1. The van der Waals surface area contributed by atoms with Gasteiger partial charge in [0.25, 0.3) is 0 Å². The van der Waals surface area contributed by atoms with Crippen LogP contribution in [0.2, 0.25) is 0 Å². The molecule has 0 N–H and O–H groups in total. The first-order chi connectivity index (χ1) is 7.76. The minimum Gasteiger partial charge on any atom is -0.497 e. The van der Waals surface area contributed by atoms with Crippen LogP contribution in [0, 0.1) is 0 Å². The van der Waals surface area contributed by atoms with E-state index in [0.29, 0.717) is 26.1 Å². The highest BCUT2D eigenvalue weighted by atomic mass is 16.5. The summed E-state index contributed by atoms with van der Waals surface area (Å²) in [5.41, 5.74) is 1.02. The van der Waals surface area contributed by atoms with Gasteiger partial charge in [0.15, 0.2) is 0 Å². The summed E-state index contributed by atoms with van der Waals surface area (Å²) in [6.07, 6.45) is 0.955. The van der Waals surface area contributed by atoms with Gasteiger partial charge in [-0.1, -0.05) is 12.1 Å². The molecule has 1 aromatic carbocycles. The van der Waals surface area contributed by atoms with Crippen molar-refractivity contribution in [2.75, 3.05) is 20.3 Å². The van der Waals surface area contributed by atoms with Crippen LogP contribution in [0.5, 0.6) is 5.75 Å². The molecule has 0 fully saturated rings. The molecule has 0 saturated heterocycles. The second-order valence-electron chi connectivity index (χ2n) is 3.51. The van der Waals surface area contributed by atoms with Gasteiger partial charge in [-0.3, -0.25) is 4.79 Å². The SMILES string of the molecule is CCOCCC(=O)Cc1ccc(OC)cc1. The Balaban J connectivity index is 2.37. The number of benzene rings is 1. The molecule has 0 aliphatic rings. The molecular weight excluding hydrogens is 204 g/mol. The highest BCUT2D eigenvalue weighted by molar-refractivity contribution is 5.80. The van der Waals surface area contributed by atoms with E-state index in [0.717, 1.165) is 11.3 Å². The summed E-state index contributed by atoms with van der Waals surface area (Å²) in [6.45, 7) is 3.11. The van der Waals surface area contributed by atoms with Gasteiger partial charge in [0, 0.05) is 19.4 Å². The van der Waals surface area contributed by atoms with Crippen LogP contribution in [0.1, 0.15) is 18.9 Å². The van der Waals surface area contributed by atoms with Crippen LogP contribution in [0.25, 0.3) is 0 Å². The summed E-state index contributed by atoms with van der Waals surface area (Å²) in [5.74, 6) is 1.02. The fourth-order valence-corrected chi connectivity index (χ4v) is 1.39. The van der Waals surface area contributed by atoms with Crippen LogP contribution < -0.4 is 4.74 Å². The van der Waals surface area contributed by atoms with Gasteiger partial charge in [-0.25, -0.2) is 0 Å². The average molecular weight is 222 g/mol. The summed E-state index contributed by atoms with van der Waals surface area (Å²) in [7, 11) is 1.63. The highest BCUT2D eigenvalue weighted by Gasteiger charge is 2.03. The third kappa shape index (κ3) is 4.45. The summed E-state index contributed by atoms with van der Waals surface area (Å²) >= 11 is 0. The van der Waals surface area contributed by atoms with Gasteiger partial charge in [0.1, 0.15) is 11.5 Å². The second-order valence-corrected chi connectivity index (χ2v) is 3.51. The van der Waals surface area contributed by atoms with Crippen molar-refractivity contribution in [1.29, 1.82) is 0 Å². The number of ketones is 1. The summed E-state index contributed by atoms with van der Waals surface area (Å²) in [4.78, 5) is 11.5. The molecule has 0 radical (unpaired) electrons. The van der Waals surface area contributed by atoms with E-state index in [-0.39, 0.29) is 5.78 Å². The first-order valence-electron chi connectivity index (χ1n) is 5.48. The van der Waals surface area contributed by atoms with E-state index in [1.54, 1.807) is 7.11 Å². The van der Waals surface area contributed by atoms with Crippen LogP contribution in [0.3, 0.4) is 0 Å². The second kappa shape index (κ2) is 7.01. The van der Waals surface area contributed by atoms with Gasteiger partial charge in [0.05, 0.1) is 13.7 Å². The predicted molar refractivity (Wildman–Crippen MR) is 62.8 cm³/mol. The molecule has 0 atom stereocenters. The van der Waals surface area contributed by atoms with Gasteiger partial charge >= 0.3 is 0 Å². The Bertz CT molecular complexity index is 316. The number of ether oxygens (including phenoxy) is 2. The predicted octanol–water partition coefficient (Wildman–Crippen LogP) is 2.23. The Labute approximate surface area is 96.4 Å². The third-order valence-electron chi connectivity index (χ3n) is 2.29. The van der Waals surface area contributed by atoms with Crippen molar-refractivity contribution in [1.82, 2.24) is 0 Å². The van der Waals surface area contributed by atoms with Gasteiger partial charge in [0.2, 0.25) is 0 Å². The summed E-state index contributed by atoms with van der Waals surface area (Å²) < 4.78 is 10.2. The van der Waals surface area contributed by atoms with Crippen LogP contribution in [0.15, 0.2) is 24.3 Å². The van der Waals surface area contributed by atoms with E-state index in [4.69, 9.17) is 9.47 Å². The first kappa shape index (κ1) is 12.7. The van der Waals surface area contributed by atoms with E-state index in [1.807, 2.05) is 31.2 Å². The van der Waals surface area contributed by atoms with Gasteiger partial charge in [-0.2, -0.15) is 0 Å². The lowest BCUT2D eigenvalue weighted by Crippen LogP contribution is -2.07. The molecule has 1 aromatic rings. The van der Waals surface area contributed by atoms with Crippen molar-refractivity contribution >= 4 is 5.78 Å². The zero-order chi connectivity index (χ0) is 11.8. The van der Waals surface area contributed by atoms with Crippen molar-refractivity contribution in [3.8, 4) is 5.75 Å². The molecule has 0 aliphatic heterocycles. The lowest BCUT2D eigenvalue weighted by molar-refractivity contribution is -0.119. The van der Waals surface area contributed by atoms with E-state index < -0.39 is 0 Å². The Hall–Kier alpha value is -1.35. The summed E-state index contributed by atoms with van der Waals surface area (Å²) in [5, 5.41) is 0. The summed E-state index contributed by atoms with van der Waals surface area (Å²) in [6, 6.07) is 7.56. The van der Waals surface area contributed by atoms with Gasteiger partial charge in [-0.15, -0.1) is 0 Å². The van der Waals surface area contributed by atoms with Crippen molar-refractivity contribution in [3.05, 3.63) is 29.8 Å². The molecule has 88 valence electrons. The van der Waals surface area contributed by atoms with E-state index in [9.17, 15) is 4.79 Å². The van der Waals surface area contributed by atoms with Gasteiger partial charge in [-0.05, 0) is 24.6 Å². The highest BCUT2D eigenvalue weighted by Crippen LogP contribution is 2.12. The largest absolute Gasteiger partial charge is 0.497 e. The molecule has 0 aliphatic carbocycles. The van der Waals surface area contributed by atoms with Crippen LogP contribution >= 0.6 is 0 Å². The maximum atomic E-state index is 11.5. The zero-order valence-corrected chi connectivity index (χ0v) is 9.86. The number of rotatable bonds is 7. The maximum absolute atomic E-state index is 11.5. The molecule has 0 heterocycles. The molecule has 1 rings (SSSR count). The molecular formula is C13H18O3. The smallest absolute Gasteiger partial charge is 0.139 e. The molecule has 0 saturated carbocycles. The normalized spacial score (nSPS) is 10.1. The first-order valence-corrected chi connectivity index (χ1v) is 5.48. The number of methoxy groups -OCH3 is 1. The fourth-order valence-electron chi connectivity index (χ4n) is 1.39. The Morgan fingerprint density at radius 3 is 2.50 bits per heavy atom. The van der Waals surface area contributed by atoms with Crippen molar-refractivity contribution < 1.29 is 14.3 Å². The quantitative estimate of drug-likeness (QED) is 0.664. The average Bonchev–Trinajstić information content (AvgIpc) is 2.30. The monoisotopic (exact) mass is 222 g/mol. The molecule has 0 spiro atoms. The number of carbonyl (C=O) groups is 1. The van der Waals surface area contributed by atoms with Gasteiger partial charge < -0.3 is 9.47 Å². The Morgan fingerprint density at radius 2 is 1.94 bits per heavy atom. The fraction of sp³-hybridized carbons (Fsp3) is 0.462. The minimum absolute atomic E-state index is 0.207. The van der Waals surface area contributed by atoms with E-state index in [1.165, 1.54) is 0 Å². The minimum atomic E-state index is 0.207. The number of hydrogen-bond acceptors (Lipinski definition) is 3. The van der Waals surface area contributed by atoms with Crippen molar-refractivity contribution in [2.45, 2.75) is 19.8 Å². The lowest BCUT2D eigenvalue weighted by Gasteiger charge is -2.03. The maximum Gasteiger partial charge on any atom is 0.139 e. The van der Waals surface area contributed by atoms with Crippen LogP contribution in [-0.4, -0.2) is 26.1 Å². The number of hydrogen-bond donors (Lipinski definition) is 0. The van der Waals surface area contributed by atoms with E-state index in [2.05, 4.69) is 0 Å². The van der Waals surface area contributed by atoms with Crippen LogP contribution in [-0.2, 0) is 16.0 Å². The third-order valence-corrected chi connectivity index (χ3v) is 2.29. The molecule has 0 aromatic heterocycles. The topological polar surface area (TPSA) is 35.5 Å². The molecule has 0 bridgehead atoms. The number of Topliss-reactive ketones (excluding diaryl/α,β-unsaturated/α-hetero) is 1. The molecule has 3 nitrogen and oxygen atoms in total. The Kier molecular flexibility index (Phi) is 5.57. The number of carbonyl (C=O) groups excluding carboxylic acids is 1. The molecule has 16 heavy (non-hydrogen) atoms. The molecule has 0 amide bonds. The molecule has 3 heteroatoms. The van der Waals surface area contributed by atoms with Crippen LogP contribution in [0.4, 0.5) is 0 Å². The Morgan fingerprint density at radius 1 is 1.25 bits per heavy atom. The zero-order valence-electron chi connectivity index (χ0n) is 9.86.